The van der Waals surface area contributed by atoms with Crippen LogP contribution in [0.15, 0.2) is 23.2 Å². The van der Waals surface area contributed by atoms with Crippen molar-refractivity contribution in [3.63, 3.8) is 0 Å². The van der Waals surface area contributed by atoms with Crippen LogP contribution in [-0.2, 0) is 0 Å². The molecule has 2 rings (SSSR count). The van der Waals surface area contributed by atoms with E-state index in [0.29, 0.717) is 22.5 Å². The summed E-state index contributed by atoms with van der Waals surface area (Å²) in [5.74, 6) is 0.0375. The van der Waals surface area contributed by atoms with Crippen molar-refractivity contribution in [2.45, 2.75) is 18.9 Å². The number of hydrogen-bond donors (Lipinski definition) is 1. The highest BCUT2D eigenvalue weighted by molar-refractivity contribution is 6.34. The summed E-state index contributed by atoms with van der Waals surface area (Å²) in [7, 11) is 0. The molecule has 0 spiro atoms. The quantitative estimate of drug-likeness (QED) is 0.593. The van der Waals surface area contributed by atoms with Gasteiger partial charge in [-0.3, -0.25) is 4.99 Å². The van der Waals surface area contributed by atoms with Gasteiger partial charge in [-0.15, -0.1) is 0 Å². The number of hydrogen-bond acceptors (Lipinski definition) is 1. The summed E-state index contributed by atoms with van der Waals surface area (Å²) in [5, 5.41) is 0.312. The lowest BCUT2D eigenvalue weighted by molar-refractivity contribution is 0.628. The predicted octanol–water partition coefficient (Wildman–Crippen LogP) is 2.35. The Balaban J connectivity index is 2.30. The molecule has 0 aromatic heterocycles. The molecule has 1 aliphatic rings. The molecule has 1 aliphatic carbocycles. The molecule has 74 valence electrons. The van der Waals surface area contributed by atoms with Gasteiger partial charge in [-0.2, -0.15) is 0 Å². The molecule has 1 aromatic carbocycles. The van der Waals surface area contributed by atoms with E-state index < -0.39 is 0 Å². The van der Waals surface area contributed by atoms with E-state index in [-0.39, 0.29) is 5.82 Å². The molecule has 0 radical (unpaired) electrons. The van der Waals surface area contributed by atoms with Gasteiger partial charge >= 0.3 is 0 Å². The Bertz CT molecular complexity index is 386. The number of nitrogens with two attached hydrogens (primary N) is 1. The Morgan fingerprint density at radius 3 is 2.79 bits per heavy atom. The van der Waals surface area contributed by atoms with E-state index in [1.165, 1.54) is 12.1 Å². The molecule has 0 saturated heterocycles. The highest BCUT2D eigenvalue weighted by atomic mass is 35.5. The van der Waals surface area contributed by atoms with Gasteiger partial charge in [0.1, 0.15) is 11.7 Å². The fraction of sp³-hybridized carbons (Fsp3) is 0.300. The number of aliphatic imine (C=N–C) groups is 1. The second-order valence-corrected chi connectivity index (χ2v) is 3.78. The molecular formula is C10H10ClFN2. The van der Waals surface area contributed by atoms with Crippen LogP contribution in [0.5, 0.6) is 0 Å². The SMILES string of the molecule is NC(=NC1CC1)c1ccc(F)cc1Cl. The van der Waals surface area contributed by atoms with Crippen molar-refractivity contribution in [2.24, 2.45) is 10.7 Å². The summed E-state index contributed by atoms with van der Waals surface area (Å²) >= 11 is 5.83. The van der Waals surface area contributed by atoms with Gasteiger partial charge in [0.15, 0.2) is 0 Å². The average molecular weight is 213 g/mol. The topological polar surface area (TPSA) is 38.4 Å². The predicted molar refractivity (Wildman–Crippen MR) is 55.2 cm³/mol. The second kappa shape index (κ2) is 3.58. The third-order valence-corrected chi connectivity index (χ3v) is 2.39. The lowest BCUT2D eigenvalue weighted by Crippen LogP contribution is -2.14. The molecule has 4 heteroatoms. The first kappa shape index (κ1) is 9.46. The maximum atomic E-state index is 12.7. The van der Waals surface area contributed by atoms with E-state index in [9.17, 15) is 4.39 Å². The van der Waals surface area contributed by atoms with Crippen LogP contribution in [0.1, 0.15) is 18.4 Å². The van der Waals surface area contributed by atoms with Crippen molar-refractivity contribution in [3.05, 3.63) is 34.6 Å². The third kappa shape index (κ3) is 2.04. The van der Waals surface area contributed by atoms with Gasteiger partial charge < -0.3 is 5.73 Å². The van der Waals surface area contributed by atoms with Crippen molar-refractivity contribution in [2.75, 3.05) is 0 Å². The van der Waals surface area contributed by atoms with Crippen LogP contribution in [-0.4, -0.2) is 11.9 Å². The van der Waals surface area contributed by atoms with Gasteiger partial charge in [0, 0.05) is 5.56 Å². The molecule has 2 nitrogen and oxygen atoms in total. The number of benzene rings is 1. The van der Waals surface area contributed by atoms with E-state index >= 15 is 0 Å². The van der Waals surface area contributed by atoms with Gasteiger partial charge in [0.2, 0.25) is 0 Å². The largest absolute Gasteiger partial charge is 0.383 e. The molecule has 2 N–H and O–H groups in total. The summed E-state index contributed by atoms with van der Waals surface area (Å²) in [5.41, 5.74) is 6.34. The third-order valence-electron chi connectivity index (χ3n) is 2.08. The lowest BCUT2D eigenvalue weighted by atomic mass is 10.2. The molecule has 0 bridgehead atoms. The van der Waals surface area contributed by atoms with Crippen LogP contribution < -0.4 is 5.73 Å². The Hall–Kier alpha value is -1.09. The van der Waals surface area contributed by atoms with E-state index in [0.717, 1.165) is 12.8 Å². The number of amidine groups is 1. The molecule has 1 fully saturated rings. The van der Waals surface area contributed by atoms with Crippen molar-refractivity contribution in [3.8, 4) is 0 Å². The fourth-order valence-electron chi connectivity index (χ4n) is 1.17. The minimum absolute atomic E-state index is 0.312. The first-order valence-electron chi connectivity index (χ1n) is 4.45. The monoisotopic (exact) mass is 212 g/mol. The molecule has 0 unspecified atom stereocenters. The van der Waals surface area contributed by atoms with Crippen LogP contribution in [0.2, 0.25) is 5.02 Å². The maximum Gasteiger partial charge on any atom is 0.127 e. The summed E-state index contributed by atoms with van der Waals surface area (Å²) in [4.78, 5) is 4.24. The zero-order valence-electron chi connectivity index (χ0n) is 7.50. The summed E-state index contributed by atoms with van der Waals surface area (Å²) in [6.45, 7) is 0. The van der Waals surface area contributed by atoms with E-state index in [1.807, 2.05) is 0 Å². The molecule has 0 aliphatic heterocycles. The first-order chi connectivity index (χ1) is 6.66. The first-order valence-corrected chi connectivity index (χ1v) is 4.83. The summed E-state index contributed by atoms with van der Waals surface area (Å²) in [6.07, 6.45) is 2.17. The van der Waals surface area contributed by atoms with Gasteiger partial charge in [-0.05, 0) is 31.0 Å². The lowest BCUT2D eigenvalue weighted by Gasteiger charge is -2.03. The average Bonchev–Trinajstić information content (AvgIpc) is 2.87. The van der Waals surface area contributed by atoms with Crippen LogP contribution in [0.3, 0.4) is 0 Å². The van der Waals surface area contributed by atoms with E-state index in [1.54, 1.807) is 6.07 Å². The van der Waals surface area contributed by atoms with Gasteiger partial charge in [-0.25, -0.2) is 4.39 Å². The molecule has 1 aromatic rings. The molecule has 14 heavy (non-hydrogen) atoms. The van der Waals surface area contributed by atoms with Crippen molar-refractivity contribution in [1.29, 1.82) is 0 Å². The van der Waals surface area contributed by atoms with Crippen LogP contribution in [0.4, 0.5) is 4.39 Å². The fourth-order valence-corrected chi connectivity index (χ4v) is 1.43. The van der Waals surface area contributed by atoms with Crippen molar-refractivity contribution in [1.82, 2.24) is 0 Å². The Labute approximate surface area is 86.6 Å². The minimum atomic E-state index is -0.363. The number of halogens is 2. The molecule has 0 heterocycles. The van der Waals surface area contributed by atoms with E-state index in [4.69, 9.17) is 17.3 Å². The van der Waals surface area contributed by atoms with Crippen LogP contribution >= 0.6 is 11.6 Å². The standard InChI is InChI=1S/C10H10ClFN2/c11-9-5-6(12)1-4-8(9)10(13)14-7-2-3-7/h1,4-5,7H,2-3H2,(H2,13,14). The molecule has 1 saturated carbocycles. The maximum absolute atomic E-state index is 12.7. The van der Waals surface area contributed by atoms with Gasteiger partial charge in [-0.1, -0.05) is 11.6 Å². The highest BCUT2D eigenvalue weighted by Crippen LogP contribution is 2.25. The highest BCUT2D eigenvalue weighted by Gasteiger charge is 2.21. The Kier molecular flexibility index (Phi) is 2.42. The Morgan fingerprint density at radius 2 is 2.21 bits per heavy atom. The summed E-state index contributed by atoms with van der Waals surface area (Å²) < 4.78 is 12.7. The smallest absolute Gasteiger partial charge is 0.127 e. The molecule has 0 atom stereocenters. The van der Waals surface area contributed by atoms with Gasteiger partial charge in [0.05, 0.1) is 11.1 Å². The number of nitrogens with zero attached hydrogens (tertiary/aromatic N) is 1. The normalized spacial score (nSPS) is 17.1. The van der Waals surface area contributed by atoms with Gasteiger partial charge in [0.25, 0.3) is 0 Å². The second-order valence-electron chi connectivity index (χ2n) is 3.37. The Morgan fingerprint density at radius 1 is 1.50 bits per heavy atom. The summed E-state index contributed by atoms with van der Waals surface area (Å²) in [6, 6.07) is 4.47. The number of rotatable bonds is 2. The molecule has 0 amide bonds. The zero-order chi connectivity index (χ0) is 10.1. The van der Waals surface area contributed by atoms with Crippen LogP contribution in [0, 0.1) is 5.82 Å². The van der Waals surface area contributed by atoms with Crippen molar-refractivity contribution < 1.29 is 4.39 Å². The van der Waals surface area contributed by atoms with E-state index in [2.05, 4.69) is 4.99 Å². The van der Waals surface area contributed by atoms with Crippen LogP contribution in [0.25, 0.3) is 0 Å². The minimum Gasteiger partial charge on any atom is -0.383 e. The zero-order valence-corrected chi connectivity index (χ0v) is 8.26. The van der Waals surface area contributed by atoms with Crippen molar-refractivity contribution >= 4 is 17.4 Å². The molecular weight excluding hydrogens is 203 g/mol.